The predicted octanol–water partition coefficient (Wildman–Crippen LogP) is 2.29. The number of nitrogens with one attached hydrogen (secondary N) is 1. The summed E-state index contributed by atoms with van der Waals surface area (Å²) in [6.45, 7) is 3.36. The van der Waals surface area contributed by atoms with Crippen LogP contribution in [-0.4, -0.2) is 18.9 Å². The number of hydrogen-bond acceptors (Lipinski definition) is 3. The molecule has 76 valence electrons. The second-order valence-corrected chi connectivity index (χ2v) is 5.37. The Morgan fingerprint density at radius 2 is 2.36 bits per heavy atom. The number of hydrogen-bond donors (Lipinski definition) is 1. The molecule has 2 rings (SSSR count). The van der Waals surface area contributed by atoms with Crippen LogP contribution in [0.3, 0.4) is 0 Å². The predicted molar refractivity (Wildman–Crippen MR) is 59.1 cm³/mol. The van der Waals surface area contributed by atoms with Crippen LogP contribution in [0.5, 0.6) is 0 Å². The highest BCUT2D eigenvalue weighted by Crippen LogP contribution is 2.35. The van der Waals surface area contributed by atoms with E-state index in [0.29, 0.717) is 5.92 Å². The zero-order valence-corrected chi connectivity index (χ0v) is 9.49. The molecule has 1 N–H and O–H groups in total. The first-order chi connectivity index (χ1) is 6.68. The molecule has 0 radical (unpaired) electrons. The van der Waals surface area contributed by atoms with Crippen molar-refractivity contribution in [1.29, 1.82) is 0 Å². The highest BCUT2D eigenvalue weighted by molar-refractivity contribution is 7.16. The summed E-state index contributed by atoms with van der Waals surface area (Å²) in [6.07, 6.45) is 0. The Bertz CT molecular complexity index is 350. The number of rotatable bonds is 2. The van der Waals surface area contributed by atoms with E-state index in [1.807, 2.05) is 12.1 Å². The Morgan fingerprint density at radius 1 is 1.57 bits per heavy atom. The third kappa shape index (κ3) is 1.85. The average Bonchev–Trinajstić information content (AvgIpc) is 2.70. The molecule has 14 heavy (non-hydrogen) atoms. The largest absolute Gasteiger partial charge is 0.315 e. The van der Waals surface area contributed by atoms with Crippen molar-refractivity contribution in [3.8, 4) is 0 Å². The molecule has 0 spiro atoms. The smallest absolute Gasteiger partial charge is 0.134 e. The Hall–Kier alpha value is -0.380. The van der Waals surface area contributed by atoms with Crippen LogP contribution in [0, 0.1) is 5.92 Å². The van der Waals surface area contributed by atoms with E-state index in [1.165, 1.54) is 4.88 Å². The van der Waals surface area contributed by atoms with Gasteiger partial charge in [-0.05, 0) is 19.1 Å². The molecule has 2 nitrogen and oxygen atoms in total. The lowest BCUT2D eigenvalue weighted by molar-refractivity contribution is -0.120. The number of ketones is 1. The molecular weight excluding hydrogens is 218 g/mol. The van der Waals surface area contributed by atoms with Crippen molar-refractivity contribution in [3.05, 3.63) is 21.3 Å². The van der Waals surface area contributed by atoms with Crippen LogP contribution in [0.25, 0.3) is 0 Å². The number of carbonyl (C=O) groups is 1. The Morgan fingerprint density at radius 3 is 2.93 bits per heavy atom. The number of thiophene rings is 1. The molecule has 1 aliphatic heterocycles. The highest BCUT2D eigenvalue weighted by atomic mass is 35.5. The van der Waals surface area contributed by atoms with Gasteiger partial charge in [-0.15, -0.1) is 11.3 Å². The molecule has 1 saturated heterocycles. The van der Waals surface area contributed by atoms with Gasteiger partial charge >= 0.3 is 0 Å². The molecule has 0 saturated carbocycles. The van der Waals surface area contributed by atoms with Crippen molar-refractivity contribution in [2.75, 3.05) is 13.1 Å². The minimum atomic E-state index is 0.129. The van der Waals surface area contributed by atoms with Gasteiger partial charge in [-0.3, -0.25) is 4.79 Å². The van der Waals surface area contributed by atoms with Gasteiger partial charge in [-0.1, -0.05) is 11.6 Å². The fourth-order valence-corrected chi connectivity index (χ4v) is 3.16. The van der Waals surface area contributed by atoms with Crippen LogP contribution in [0.4, 0.5) is 0 Å². The average molecular weight is 230 g/mol. The van der Waals surface area contributed by atoms with Crippen molar-refractivity contribution in [1.82, 2.24) is 5.32 Å². The lowest BCUT2D eigenvalue weighted by Gasteiger charge is -2.13. The van der Waals surface area contributed by atoms with Crippen LogP contribution < -0.4 is 5.32 Å². The molecule has 4 heteroatoms. The standard InChI is InChI=1S/C10H12ClNOS/c1-6(13)7-4-12-5-8(7)9-2-3-10(11)14-9/h2-3,7-8,12H,4-5H2,1H3/t7-,8+/m0/s1. The maximum absolute atomic E-state index is 11.4. The van der Waals surface area contributed by atoms with E-state index in [4.69, 9.17) is 11.6 Å². The molecule has 1 aromatic heterocycles. The number of Topliss-reactive ketones (excluding diaryl/α,β-unsaturated/α-hetero) is 1. The van der Waals surface area contributed by atoms with Gasteiger partial charge < -0.3 is 5.32 Å². The van der Waals surface area contributed by atoms with E-state index >= 15 is 0 Å². The Balaban J connectivity index is 2.21. The summed E-state index contributed by atoms with van der Waals surface area (Å²) < 4.78 is 0.800. The minimum absolute atomic E-state index is 0.129. The summed E-state index contributed by atoms with van der Waals surface area (Å²) in [6, 6.07) is 3.93. The highest BCUT2D eigenvalue weighted by Gasteiger charge is 2.32. The quantitative estimate of drug-likeness (QED) is 0.843. The van der Waals surface area contributed by atoms with Gasteiger partial charge in [0.2, 0.25) is 0 Å². The molecule has 0 aliphatic carbocycles. The third-order valence-corrected chi connectivity index (χ3v) is 4.06. The molecule has 0 unspecified atom stereocenters. The normalized spacial score (nSPS) is 26.7. The lowest BCUT2D eigenvalue weighted by Crippen LogP contribution is -2.18. The van der Waals surface area contributed by atoms with Crippen molar-refractivity contribution in [3.63, 3.8) is 0 Å². The second-order valence-electron chi connectivity index (χ2n) is 3.62. The van der Waals surface area contributed by atoms with E-state index in [9.17, 15) is 4.79 Å². The van der Waals surface area contributed by atoms with E-state index in [2.05, 4.69) is 5.32 Å². The summed E-state index contributed by atoms with van der Waals surface area (Å²) >= 11 is 7.46. The van der Waals surface area contributed by atoms with E-state index in [0.717, 1.165) is 17.4 Å². The maximum Gasteiger partial charge on any atom is 0.134 e. The maximum atomic E-state index is 11.4. The first-order valence-electron chi connectivity index (χ1n) is 4.65. The van der Waals surface area contributed by atoms with E-state index in [-0.39, 0.29) is 11.7 Å². The summed E-state index contributed by atoms with van der Waals surface area (Å²) in [5.41, 5.74) is 0. The second kappa shape index (κ2) is 4.01. The van der Waals surface area contributed by atoms with Crippen LogP contribution in [-0.2, 0) is 4.79 Å². The topological polar surface area (TPSA) is 29.1 Å². The van der Waals surface area contributed by atoms with E-state index < -0.39 is 0 Å². The van der Waals surface area contributed by atoms with Crippen molar-refractivity contribution in [2.45, 2.75) is 12.8 Å². The molecule has 2 atom stereocenters. The van der Waals surface area contributed by atoms with Crippen LogP contribution in [0.2, 0.25) is 4.34 Å². The fourth-order valence-electron chi connectivity index (χ4n) is 1.93. The van der Waals surface area contributed by atoms with Gasteiger partial charge in [0.15, 0.2) is 0 Å². The van der Waals surface area contributed by atoms with Gasteiger partial charge in [-0.2, -0.15) is 0 Å². The van der Waals surface area contributed by atoms with Crippen LogP contribution in [0.15, 0.2) is 12.1 Å². The summed E-state index contributed by atoms with van der Waals surface area (Å²) in [4.78, 5) is 12.6. The first-order valence-corrected chi connectivity index (χ1v) is 5.84. The first kappa shape index (κ1) is 10.1. The molecule has 2 heterocycles. The Labute approximate surface area is 92.3 Å². The van der Waals surface area contributed by atoms with Crippen molar-refractivity contribution in [2.24, 2.45) is 5.92 Å². The number of halogens is 1. The summed E-state index contributed by atoms with van der Waals surface area (Å²) in [5, 5.41) is 3.25. The molecule has 0 aromatic carbocycles. The van der Waals surface area contributed by atoms with Gasteiger partial charge in [0.05, 0.1) is 4.34 Å². The van der Waals surface area contributed by atoms with Gasteiger partial charge in [0.25, 0.3) is 0 Å². The Kier molecular flexibility index (Phi) is 2.91. The fraction of sp³-hybridized carbons (Fsp3) is 0.500. The SMILES string of the molecule is CC(=O)[C@@H]1CNC[C@H]1c1ccc(Cl)s1. The zero-order valence-electron chi connectivity index (χ0n) is 7.92. The molecular formula is C10H12ClNOS. The minimum Gasteiger partial charge on any atom is -0.315 e. The molecule has 0 bridgehead atoms. The lowest BCUT2D eigenvalue weighted by atomic mass is 9.91. The third-order valence-electron chi connectivity index (χ3n) is 2.70. The number of carbonyl (C=O) groups excluding carboxylic acids is 1. The summed E-state index contributed by atoms with van der Waals surface area (Å²) in [7, 11) is 0. The van der Waals surface area contributed by atoms with E-state index in [1.54, 1.807) is 18.3 Å². The van der Waals surface area contributed by atoms with Crippen molar-refractivity contribution >= 4 is 28.7 Å². The molecule has 1 fully saturated rings. The van der Waals surface area contributed by atoms with Gasteiger partial charge in [-0.25, -0.2) is 0 Å². The van der Waals surface area contributed by atoms with Gasteiger partial charge in [0.1, 0.15) is 5.78 Å². The molecule has 1 aromatic rings. The summed E-state index contributed by atoms with van der Waals surface area (Å²) in [5.74, 6) is 0.722. The van der Waals surface area contributed by atoms with Crippen LogP contribution in [0.1, 0.15) is 17.7 Å². The molecule has 0 amide bonds. The zero-order chi connectivity index (χ0) is 10.1. The monoisotopic (exact) mass is 229 g/mol. The molecule has 1 aliphatic rings. The van der Waals surface area contributed by atoms with Crippen LogP contribution >= 0.6 is 22.9 Å². The van der Waals surface area contributed by atoms with Gasteiger partial charge in [0, 0.05) is 29.8 Å². The van der Waals surface area contributed by atoms with Crippen molar-refractivity contribution < 1.29 is 4.79 Å².